The van der Waals surface area contributed by atoms with Crippen molar-refractivity contribution in [2.45, 2.75) is 77.6 Å². The molecule has 0 bridgehead atoms. The monoisotopic (exact) mass is 433 g/mol. The fraction of sp³-hybridized carbons (Fsp3) is 0.500. The molecule has 0 N–H and O–H groups in total. The Morgan fingerprint density at radius 2 is 1.81 bits per heavy atom. The summed E-state index contributed by atoms with van der Waals surface area (Å²) in [5.41, 5.74) is 5.73. The minimum absolute atomic E-state index is 0.0515. The number of hydrogen-bond donors (Lipinski definition) is 0. The Hall–Kier alpha value is -2.67. The third-order valence-corrected chi connectivity index (χ3v) is 7.22. The molecule has 3 nitrogen and oxygen atoms in total. The quantitative estimate of drug-likeness (QED) is 0.285. The summed E-state index contributed by atoms with van der Waals surface area (Å²) in [5, 5.41) is 8.85. The first kappa shape index (κ1) is 22.5. The van der Waals surface area contributed by atoms with Gasteiger partial charge < -0.3 is 4.74 Å². The highest BCUT2D eigenvalue weighted by Gasteiger charge is 2.30. The number of esters is 1. The maximum Gasteiger partial charge on any atom is 0.314 e. The Morgan fingerprint density at radius 3 is 2.53 bits per heavy atom. The molecular weight excluding hydrogens is 401 g/mol. The molecule has 0 aliphatic heterocycles. The van der Waals surface area contributed by atoms with Crippen molar-refractivity contribution in [3.63, 3.8) is 0 Å². The Kier molecular flexibility index (Phi) is 7.25. The molecule has 0 spiro atoms. The maximum atomic E-state index is 13.8. The molecule has 2 aromatic rings. The van der Waals surface area contributed by atoms with Crippen LogP contribution in [0.15, 0.2) is 30.3 Å². The predicted molar refractivity (Wildman–Crippen MR) is 123 cm³/mol. The SMILES string of the molecule is CCCCCC[C@H]1CCc2c(ccc3c2CC[C@H](C(=O)Oc2ccc(C#N)c(F)c2)C3)C1. The van der Waals surface area contributed by atoms with Gasteiger partial charge in [0, 0.05) is 6.07 Å². The molecule has 0 saturated heterocycles. The van der Waals surface area contributed by atoms with Gasteiger partial charge in [-0.15, -0.1) is 0 Å². The molecular formula is C28H32FNO2. The van der Waals surface area contributed by atoms with E-state index in [9.17, 15) is 9.18 Å². The van der Waals surface area contributed by atoms with Crippen molar-refractivity contribution in [2.24, 2.45) is 11.8 Å². The molecule has 4 heteroatoms. The van der Waals surface area contributed by atoms with Gasteiger partial charge in [0.1, 0.15) is 17.6 Å². The normalized spacial score (nSPS) is 19.5. The summed E-state index contributed by atoms with van der Waals surface area (Å²) in [7, 11) is 0. The first-order valence-corrected chi connectivity index (χ1v) is 12.1. The molecule has 0 fully saturated rings. The van der Waals surface area contributed by atoms with Crippen molar-refractivity contribution >= 4 is 5.97 Å². The highest BCUT2D eigenvalue weighted by atomic mass is 19.1. The maximum absolute atomic E-state index is 13.8. The van der Waals surface area contributed by atoms with Crippen molar-refractivity contribution in [1.29, 1.82) is 5.26 Å². The van der Waals surface area contributed by atoms with Crippen molar-refractivity contribution in [1.82, 2.24) is 0 Å². The number of carbonyl (C=O) groups excluding carboxylic acids is 1. The van der Waals surface area contributed by atoms with Crippen LogP contribution in [0.25, 0.3) is 0 Å². The molecule has 4 rings (SSSR count). The fourth-order valence-corrected chi connectivity index (χ4v) is 5.40. The van der Waals surface area contributed by atoms with Crippen molar-refractivity contribution in [2.75, 3.05) is 0 Å². The zero-order valence-corrected chi connectivity index (χ0v) is 19.0. The zero-order chi connectivity index (χ0) is 22.5. The lowest BCUT2D eigenvalue weighted by Crippen LogP contribution is -2.28. The minimum Gasteiger partial charge on any atom is -0.426 e. The second-order valence-corrected chi connectivity index (χ2v) is 9.41. The van der Waals surface area contributed by atoms with Gasteiger partial charge in [-0.1, -0.05) is 51.2 Å². The van der Waals surface area contributed by atoms with Crippen LogP contribution < -0.4 is 4.74 Å². The largest absolute Gasteiger partial charge is 0.426 e. The van der Waals surface area contributed by atoms with E-state index in [2.05, 4.69) is 19.1 Å². The molecule has 0 unspecified atom stereocenters. The Morgan fingerprint density at radius 1 is 1.06 bits per heavy atom. The molecule has 0 amide bonds. The van der Waals surface area contributed by atoms with Crippen LogP contribution in [0.2, 0.25) is 0 Å². The van der Waals surface area contributed by atoms with Gasteiger partial charge in [-0.25, -0.2) is 4.39 Å². The van der Waals surface area contributed by atoms with Gasteiger partial charge in [-0.05, 0) is 78.8 Å². The smallest absolute Gasteiger partial charge is 0.314 e. The van der Waals surface area contributed by atoms with E-state index in [1.54, 1.807) is 6.07 Å². The molecule has 2 atom stereocenters. The van der Waals surface area contributed by atoms with E-state index in [0.29, 0.717) is 6.42 Å². The van der Waals surface area contributed by atoms with Gasteiger partial charge in [0.2, 0.25) is 0 Å². The number of hydrogen-bond acceptors (Lipinski definition) is 3. The lowest BCUT2D eigenvalue weighted by atomic mass is 9.74. The van der Waals surface area contributed by atoms with Crippen LogP contribution in [0.1, 0.15) is 79.7 Å². The first-order chi connectivity index (χ1) is 15.6. The Balaban J connectivity index is 1.38. The predicted octanol–water partition coefficient (Wildman–Crippen LogP) is 6.48. The molecule has 0 saturated carbocycles. The van der Waals surface area contributed by atoms with Crippen LogP contribution in [-0.2, 0) is 30.5 Å². The van der Waals surface area contributed by atoms with E-state index in [0.717, 1.165) is 31.2 Å². The summed E-state index contributed by atoms with van der Waals surface area (Å²) < 4.78 is 19.3. The van der Waals surface area contributed by atoms with E-state index < -0.39 is 5.82 Å². The van der Waals surface area contributed by atoms with Crippen LogP contribution in [0.3, 0.4) is 0 Å². The summed E-state index contributed by atoms with van der Waals surface area (Å²) in [6, 6.07) is 10.2. The molecule has 0 heterocycles. The Labute approximate surface area is 190 Å². The molecule has 2 aromatic carbocycles. The molecule has 32 heavy (non-hydrogen) atoms. The van der Waals surface area contributed by atoms with Crippen LogP contribution >= 0.6 is 0 Å². The number of rotatable bonds is 7. The summed E-state index contributed by atoms with van der Waals surface area (Å²) in [6.07, 6.45) is 12.7. The number of halogens is 1. The van der Waals surface area contributed by atoms with E-state index in [1.807, 2.05) is 0 Å². The highest BCUT2D eigenvalue weighted by molar-refractivity contribution is 5.76. The molecule has 0 aromatic heterocycles. The van der Waals surface area contributed by atoms with Crippen molar-refractivity contribution in [3.8, 4) is 11.8 Å². The lowest BCUT2D eigenvalue weighted by molar-refractivity contribution is -0.139. The van der Waals surface area contributed by atoms with Crippen LogP contribution in [0.4, 0.5) is 4.39 Å². The standard InChI is InChI=1S/C28H32FNO2/c1-2-3-4-5-6-19-7-13-25-20(15-19)8-9-21-16-22(11-14-26(21)25)28(31)32-24-12-10-23(18-30)27(29)17-24/h8-10,12,17,19,22H,2-7,11,13-16H2,1H3/t19-,22-/m0/s1. The van der Waals surface area contributed by atoms with Crippen molar-refractivity contribution < 1.29 is 13.9 Å². The second-order valence-electron chi connectivity index (χ2n) is 9.41. The lowest BCUT2D eigenvalue weighted by Gasteiger charge is -2.31. The van der Waals surface area contributed by atoms with Gasteiger partial charge in [0.15, 0.2) is 0 Å². The third-order valence-electron chi connectivity index (χ3n) is 7.22. The Bertz CT molecular complexity index is 1020. The average molecular weight is 434 g/mol. The van der Waals surface area contributed by atoms with Gasteiger partial charge in [0.05, 0.1) is 11.5 Å². The number of nitriles is 1. The van der Waals surface area contributed by atoms with Crippen molar-refractivity contribution in [3.05, 3.63) is 64.0 Å². The van der Waals surface area contributed by atoms with E-state index in [4.69, 9.17) is 10.00 Å². The van der Waals surface area contributed by atoms with E-state index in [-0.39, 0.29) is 23.2 Å². The number of benzene rings is 2. The number of carbonyl (C=O) groups is 1. The number of unbranched alkanes of at least 4 members (excludes halogenated alkanes) is 3. The summed E-state index contributed by atoms with van der Waals surface area (Å²) >= 11 is 0. The van der Waals surface area contributed by atoms with Crippen LogP contribution in [-0.4, -0.2) is 5.97 Å². The molecule has 0 radical (unpaired) electrons. The van der Waals surface area contributed by atoms with Crippen LogP contribution in [0, 0.1) is 29.0 Å². The summed E-state index contributed by atoms with van der Waals surface area (Å²) in [6.45, 7) is 2.26. The summed E-state index contributed by atoms with van der Waals surface area (Å²) in [4.78, 5) is 12.7. The minimum atomic E-state index is -0.665. The van der Waals surface area contributed by atoms with Gasteiger partial charge in [0.25, 0.3) is 0 Å². The van der Waals surface area contributed by atoms with Gasteiger partial charge in [-0.3, -0.25) is 4.79 Å². The average Bonchev–Trinajstić information content (AvgIpc) is 2.81. The number of fused-ring (bicyclic) bond motifs is 3. The third kappa shape index (κ3) is 5.04. The zero-order valence-electron chi connectivity index (χ0n) is 19.0. The van der Waals surface area contributed by atoms with Crippen LogP contribution in [0.5, 0.6) is 5.75 Å². The first-order valence-electron chi connectivity index (χ1n) is 12.1. The van der Waals surface area contributed by atoms with Gasteiger partial charge >= 0.3 is 5.97 Å². The number of nitrogens with zero attached hydrogens (tertiary/aromatic N) is 1. The molecule has 168 valence electrons. The highest BCUT2D eigenvalue weighted by Crippen LogP contribution is 2.37. The van der Waals surface area contributed by atoms with E-state index in [1.165, 1.54) is 79.3 Å². The number of ether oxygens (including phenoxy) is 1. The van der Waals surface area contributed by atoms with Gasteiger partial charge in [-0.2, -0.15) is 5.26 Å². The second kappa shape index (κ2) is 10.3. The molecule has 2 aliphatic rings. The topological polar surface area (TPSA) is 50.1 Å². The molecule has 2 aliphatic carbocycles. The summed E-state index contributed by atoms with van der Waals surface area (Å²) in [5.74, 6) is -0.217. The fourth-order valence-electron chi connectivity index (χ4n) is 5.40. The van der Waals surface area contributed by atoms with E-state index >= 15 is 0 Å².